The molecule has 0 bridgehead atoms. The van der Waals surface area contributed by atoms with E-state index in [1.807, 2.05) is 24.4 Å². The maximum absolute atomic E-state index is 12.7. The van der Waals surface area contributed by atoms with Crippen LogP contribution in [0.4, 0.5) is 5.82 Å². The molecule has 3 heterocycles. The number of aryl methyl sites for hydroxylation is 1. The van der Waals surface area contributed by atoms with E-state index >= 15 is 0 Å². The van der Waals surface area contributed by atoms with Gasteiger partial charge in [-0.3, -0.25) is 4.79 Å². The Balaban J connectivity index is 1.07. The molecule has 3 aromatic heterocycles. The summed E-state index contributed by atoms with van der Waals surface area (Å²) in [5.41, 5.74) is 2.55. The number of aliphatic hydroxyl groups is 2. The van der Waals surface area contributed by atoms with E-state index in [4.69, 9.17) is 21.7 Å². The smallest absolute Gasteiger partial charge is 0.335 e. The van der Waals surface area contributed by atoms with Crippen LogP contribution in [-0.4, -0.2) is 81.0 Å². The quantitative estimate of drug-likeness (QED) is 0.101. The normalized spacial score (nSPS) is 22.1. The standard InChI is InChI=1S/C35H34ClN9O5/c1-37-34(50)35-16-25(35)28(29(46)30(35)47)44-19-39-27-31(38-17-20-7-6-8-22(36)15-20)40-26(41-32(27)44)10-5-3-2-4-9-23-18-45(43-42-23)24-13-11-21(12-14-24)33(48)49/h6-8,11-15,18-19,25,28-30,46-47H,2-4,9,16-17H2,1H3,(H,37,50)(H,48,49)(H,38,40,41)/t25-,28-,29+,30+,35+/m1/s1. The number of halogens is 1. The molecule has 7 rings (SSSR count). The molecule has 2 aliphatic rings. The number of nitrogens with zero attached hydrogens (tertiary/aromatic N) is 7. The number of aliphatic hydroxyl groups excluding tert-OH is 2. The van der Waals surface area contributed by atoms with Crippen LogP contribution in [0.15, 0.2) is 61.1 Å². The molecular weight excluding hydrogens is 662 g/mol. The number of rotatable bonds is 11. The zero-order chi connectivity index (χ0) is 35.0. The van der Waals surface area contributed by atoms with E-state index in [2.05, 4.69) is 42.8 Å². The van der Waals surface area contributed by atoms with Crippen molar-refractivity contribution in [2.24, 2.45) is 11.3 Å². The van der Waals surface area contributed by atoms with Crippen molar-refractivity contribution in [1.82, 2.24) is 39.8 Å². The lowest BCUT2D eigenvalue weighted by molar-refractivity contribution is -0.132. The number of carbonyl (C=O) groups excluding carboxylic acids is 1. The molecule has 15 heteroatoms. The van der Waals surface area contributed by atoms with Gasteiger partial charge in [0.2, 0.25) is 11.7 Å². The van der Waals surface area contributed by atoms with Crippen LogP contribution in [0, 0.1) is 23.2 Å². The Hall–Kier alpha value is -5.36. The van der Waals surface area contributed by atoms with Gasteiger partial charge in [-0.1, -0.05) is 34.9 Å². The van der Waals surface area contributed by atoms with Gasteiger partial charge in [-0.25, -0.2) is 24.4 Å². The van der Waals surface area contributed by atoms with Gasteiger partial charge < -0.3 is 30.5 Å². The molecule has 0 unspecified atom stereocenters. The van der Waals surface area contributed by atoms with Gasteiger partial charge in [-0.2, -0.15) is 0 Å². The minimum atomic E-state index is -1.22. The lowest BCUT2D eigenvalue weighted by Gasteiger charge is -2.23. The number of carbonyl (C=O) groups is 2. The maximum Gasteiger partial charge on any atom is 0.335 e. The second kappa shape index (κ2) is 13.5. The second-order valence-electron chi connectivity index (χ2n) is 12.6. The average molecular weight is 696 g/mol. The van der Waals surface area contributed by atoms with E-state index < -0.39 is 29.6 Å². The highest BCUT2D eigenvalue weighted by molar-refractivity contribution is 6.30. The van der Waals surface area contributed by atoms with Crippen LogP contribution in [0.3, 0.4) is 0 Å². The van der Waals surface area contributed by atoms with Crippen molar-refractivity contribution < 1.29 is 24.9 Å². The number of hydrogen-bond donors (Lipinski definition) is 5. The predicted molar refractivity (Wildman–Crippen MR) is 183 cm³/mol. The molecule has 5 aromatic rings. The van der Waals surface area contributed by atoms with Crippen molar-refractivity contribution >= 4 is 40.5 Å². The van der Waals surface area contributed by atoms with Crippen LogP contribution >= 0.6 is 11.6 Å². The molecule has 0 spiro atoms. The Morgan fingerprint density at radius 3 is 2.70 bits per heavy atom. The fourth-order valence-corrected chi connectivity index (χ4v) is 7.10. The van der Waals surface area contributed by atoms with E-state index in [9.17, 15) is 19.8 Å². The number of carboxylic acid groups (broad SMARTS) is 1. The monoisotopic (exact) mass is 695 g/mol. The van der Waals surface area contributed by atoms with Gasteiger partial charge in [0.15, 0.2) is 17.0 Å². The largest absolute Gasteiger partial charge is 0.478 e. The molecule has 2 aliphatic carbocycles. The van der Waals surface area contributed by atoms with Crippen LogP contribution in [0.25, 0.3) is 16.9 Å². The Labute approximate surface area is 291 Å². The highest BCUT2D eigenvalue weighted by Gasteiger charge is 2.75. The molecule has 2 aromatic carbocycles. The van der Waals surface area contributed by atoms with Gasteiger partial charge in [0.25, 0.3) is 0 Å². The number of benzene rings is 2. The number of aromatic carboxylic acids is 1. The first-order chi connectivity index (χ1) is 24.2. The molecule has 5 atom stereocenters. The number of hydrogen-bond acceptors (Lipinski definition) is 10. The average Bonchev–Trinajstić information content (AvgIpc) is 3.35. The molecule has 5 N–H and O–H groups in total. The van der Waals surface area contributed by atoms with E-state index in [-0.39, 0.29) is 23.2 Å². The Morgan fingerprint density at radius 2 is 1.94 bits per heavy atom. The SMILES string of the molecule is CNC(=O)[C@@]12C[C@@H]1[C@@H](n1cnc3c(NCc4cccc(Cl)c4)nc(C#CCCCCc4cn(-c5ccc(C(=O)O)cc5)nn4)nc31)[C@H](O)[C@@H]2O. The first-order valence-corrected chi connectivity index (χ1v) is 16.6. The van der Waals surface area contributed by atoms with Crippen molar-refractivity contribution in [1.29, 1.82) is 0 Å². The number of aromatic nitrogens is 7. The lowest BCUT2D eigenvalue weighted by atomic mass is 9.98. The molecule has 256 valence electrons. The summed E-state index contributed by atoms with van der Waals surface area (Å²) in [7, 11) is 1.53. The molecular formula is C35H34ClN9O5. The van der Waals surface area contributed by atoms with Gasteiger partial charge in [-0.15, -0.1) is 5.10 Å². The summed E-state index contributed by atoms with van der Waals surface area (Å²) in [5, 5.41) is 46.1. The summed E-state index contributed by atoms with van der Waals surface area (Å²) < 4.78 is 3.35. The van der Waals surface area contributed by atoms with E-state index in [0.29, 0.717) is 47.8 Å². The zero-order valence-corrected chi connectivity index (χ0v) is 27.7. The minimum absolute atomic E-state index is 0.204. The van der Waals surface area contributed by atoms with Crippen LogP contribution in [0.1, 0.15) is 59.2 Å². The number of anilines is 1. The molecule has 14 nitrogen and oxygen atoms in total. The molecule has 1 amide bonds. The number of unbranched alkanes of at least 4 members (excludes halogenated alkanes) is 2. The van der Waals surface area contributed by atoms with Gasteiger partial charge in [0, 0.05) is 31.0 Å². The highest BCUT2D eigenvalue weighted by Crippen LogP contribution is 2.67. The third kappa shape index (κ3) is 6.15. The summed E-state index contributed by atoms with van der Waals surface area (Å²) in [6, 6.07) is 13.3. The Bertz CT molecular complexity index is 2140. The molecule has 2 saturated carbocycles. The number of amides is 1. The summed E-state index contributed by atoms with van der Waals surface area (Å²) in [6.45, 7) is 0.415. The van der Waals surface area contributed by atoms with E-state index in [0.717, 1.165) is 29.8 Å². The van der Waals surface area contributed by atoms with Crippen LogP contribution in [-0.2, 0) is 17.8 Å². The van der Waals surface area contributed by atoms with Crippen molar-refractivity contribution in [3.05, 3.63) is 88.7 Å². The first-order valence-electron chi connectivity index (χ1n) is 16.2. The second-order valence-corrected chi connectivity index (χ2v) is 13.0. The third-order valence-electron chi connectivity index (χ3n) is 9.52. The van der Waals surface area contributed by atoms with Crippen molar-refractivity contribution in [3.63, 3.8) is 0 Å². The zero-order valence-electron chi connectivity index (χ0n) is 27.0. The molecule has 50 heavy (non-hydrogen) atoms. The summed E-state index contributed by atoms with van der Waals surface area (Å²) in [5.74, 6) is 5.42. The number of fused-ring (bicyclic) bond motifs is 2. The van der Waals surface area contributed by atoms with Crippen LogP contribution < -0.4 is 10.6 Å². The fourth-order valence-electron chi connectivity index (χ4n) is 6.89. The molecule has 2 fully saturated rings. The Morgan fingerprint density at radius 1 is 1.12 bits per heavy atom. The lowest BCUT2D eigenvalue weighted by Crippen LogP contribution is -2.41. The third-order valence-corrected chi connectivity index (χ3v) is 9.75. The topological polar surface area (TPSA) is 193 Å². The predicted octanol–water partition coefficient (Wildman–Crippen LogP) is 3.16. The van der Waals surface area contributed by atoms with Crippen LogP contribution in [0.5, 0.6) is 0 Å². The fraction of sp³-hybridized carbons (Fsp3) is 0.343. The first kappa shape index (κ1) is 33.2. The number of imidazole rings is 1. The number of carboxylic acids is 1. The molecule has 0 radical (unpaired) electrons. The van der Waals surface area contributed by atoms with E-state index in [1.165, 1.54) is 19.2 Å². The van der Waals surface area contributed by atoms with Crippen molar-refractivity contribution in [3.8, 4) is 17.5 Å². The maximum atomic E-state index is 12.7. The van der Waals surface area contributed by atoms with Crippen LogP contribution in [0.2, 0.25) is 5.02 Å². The van der Waals surface area contributed by atoms with Crippen molar-refractivity contribution in [2.75, 3.05) is 12.4 Å². The van der Waals surface area contributed by atoms with Gasteiger partial charge in [-0.05, 0) is 73.6 Å². The highest BCUT2D eigenvalue weighted by atomic mass is 35.5. The van der Waals surface area contributed by atoms with Gasteiger partial charge in [0.05, 0.1) is 47.0 Å². The minimum Gasteiger partial charge on any atom is -0.478 e. The summed E-state index contributed by atoms with van der Waals surface area (Å²) >= 11 is 6.19. The van der Waals surface area contributed by atoms with E-state index in [1.54, 1.807) is 33.8 Å². The summed E-state index contributed by atoms with van der Waals surface area (Å²) in [6.07, 6.45) is 4.34. The Kier molecular flexibility index (Phi) is 8.96. The number of nitrogens with one attached hydrogen (secondary N) is 2. The van der Waals surface area contributed by atoms with Gasteiger partial charge in [0.1, 0.15) is 6.10 Å². The molecule has 0 saturated heterocycles. The van der Waals surface area contributed by atoms with Gasteiger partial charge >= 0.3 is 5.97 Å². The van der Waals surface area contributed by atoms with Crippen molar-refractivity contribution in [2.45, 2.75) is 56.9 Å². The summed E-state index contributed by atoms with van der Waals surface area (Å²) in [4.78, 5) is 37.8. The molecule has 0 aliphatic heterocycles.